The van der Waals surface area contributed by atoms with E-state index in [2.05, 4.69) is 4.98 Å². The summed E-state index contributed by atoms with van der Waals surface area (Å²) in [5, 5.41) is 0.299. The van der Waals surface area contributed by atoms with Crippen molar-refractivity contribution in [3.63, 3.8) is 0 Å². The highest BCUT2D eigenvalue weighted by Gasteiger charge is 2.32. The first-order valence-electron chi connectivity index (χ1n) is 8.58. The summed E-state index contributed by atoms with van der Waals surface area (Å²) in [5.41, 5.74) is 1.57. The van der Waals surface area contributed by atoms with Gasteiger partial charge in [-0.25, -0.2) is 13.8 Å². The summed E-state index contributed by atoms with van der Waals surface area (Å²) in [4.78, 5) is 18.6. The molecule has 1 aromatic carbocycles. The summed E-state index contributed by atoms with van der Waals surface area (Å²) in [5.74, 6) is -1.53. The van der Waals surface area contributed by atoms with Crippen LogP contribution in [-0.2, 0) is 11.3 Å². The zero-order valence-electron chi connectivity index (χ0n) is 14.3. The monoisotopic (exact) mass is 387 g/mol. The van der Waals surface area contributed by atoms with Crippen molar-refractivity contribution in [1.82, 2.24) is 14.3 Å². The Labute approximate surface area is 159 Å². The fourth-order valence-electron chi connectivity index (χ4n) is 2.99. The van der Waals surface area contributed by atoms with Crippen LogP contribution in [0.5, 0.6) is 0 Å². The second kappa shape index (κ2) is 7.12. The van der Waals surface area contributed by atoms with E-state index in [0.29, 0.717) is 16.5 Å². The molecule has 1 saturated carbocycles. The SMILES string of the molecule is O=C(/C=C/c1c(Cl)nc2ccccn12)N(Cc1ccc(F)cc1F)C1CC1. The van der Waals surface area contributed by atoms with E-state index in [9.17, 15) is 13.6 Å². The number of hydrogen-bond donors (Lipinski definition) is 0. The van der Waals surface area contributed by atoms with Crippen LogP contribution in [0.1, 0.15) is 24.1 Å². The Morgan fingerprint density at radius 1 is 1.30 bits per heavy atom. The Morgan fingerprint density at radius 2 is 2.11 bits per heavy atom. The van der Waals surface area contributed by atoms with Gasteiger partial charge in [-0.05, 0) is 37.1 Å². The van der Waals surface area contributed by atoms with Gasteiger partial charge in [-0.1, -0.05) is 23.7 Å². The molecular weight excluding hydrogens is 372 g/mol. The molecule has 0 spiro atoms. The number of imidazole rings is 1. The second-order valence-corrected chi connectivity index (χ2v) is 6.84. The van der Waals surface area contributed by atoms with Crippen LogP contribution in [0, 0.1) is 11.6 Å². The Morgan fingerprint density at radius 3 is 2.85 bits per heavy atom. The molecule has 0 bridgehead atoms. The van der Waals surface area contributed by atoms with Gasteiger partial charge in [-0.15, -0.1) is 0 Å². The van der Waals surface area contributed by atoms with Gasteiger partial charge >= 0.3 is 0 Å². The fourth-order valence-corrected chi connectivity index (χ4v) is 3.23. The summed E-state index contributed by atoms with van der Waals surface area (Å²) < 4.78 is 28.9. The quantitative estimate of drug-likeness (QED) is 0.606. The molecule has 4 nitrogen and oxygen atoms in total. The van der Waals surface area contributed by atoms with E-state index in [1.54, 1.807) is 15.4 Å². The smallest absolute Gasteiger partial charge is 0.247 e. The maximum absolute atomic E-state index is 14.0. The molecule has 1 aliphatic rings. The van der Waals surface area contributed by atoms with Gasteiger partial charge in [-0.2, -0.15) is 0 Å². The minimum absolute atomic E-state index is 0.0734. The highest BCUT2D eigenvalue weighted by Crippen LogP contribution is 2.29. The van der Waals surface area contributed by atoms with Crippen LogP contribution in [0.4, 0.5) is 8.78 Å². The fraction of sp³-hybridized carbons (Fsp3) is 0.200. The summed E-state index contributed by atoms with van der Waals surface area (Å²) in [6.45, 7) is 0.0981. The van der Waals surface area contributed by atoms with Crippen molar-refractivity contribution >= 4 is 29.2 Å². The van der Waals surface area contributed by atoms with E-state index < -0.39 is 11.6 Å². The van der Waals surface area contributed by atoms with Crippen LogP contribution < -0.4 is 0 Å². The van der Waals surface area contributed by atoms with Gasteiger partial charge in [0.1, 0.15) is 17.3 Å². The second-order valence-electron chi connectivity index (χ2n) is 6.48. The molecule has 0 unspecified atom stereocenters. The average molecular weight is 388 g/mol. The lowest BCUT2D eigenvalue weighted by Crippen LogP contribution is -2.31. The van der Waals surface area contributed by atoms with Gasteiger partial charge in [0, 0.05) is 36.5 Å². The molecule has 27 heavy (non-hydrogen) atoms. The molecule has 0 atom stereocenters. The number of nitrogens with zero attached hydrogens (tertiary/aromatic N) is 3. The molecule has 3 aromatic rings. The number of benzene rings is 1. The number of amides is 1. The van der Waals surface area contributed by atoms with Gasteiger partial charge in [0.2, 0.25) is 5.91 Å². The number of aromatic nitrogens is 2. The number of pyridine rings is 1. The van der Waals surface area contributed by atoms with Crippen LogP contribution in [0.2, 0.25) is 5.15 Å². The molecule has 1 fully saturated rings. The third-order valence-electron chi connectivity index (χ3n) is 4.53. The Kier molecular flexibility index (Phi) is 4.66. The van der Waals surface area contributed by atoms with Gasteiger partial charge in [-0.3, -0.25) is 9.20 Å². The van der Waals surface area contributed by atoms with Gasteiger partial charge in [0.25, 0.3) is 0 Å². The maximum Gasteiger partial charge on any atom is 0.247 e. The first-order chi connectivity index (χ1) is 13.0. The van der Waals surface area contributed by atoms with Crippen molar-refractivity contribution < 1.29 is 13.6 Å². The zero-order valence-corrected chi connectivity index (χ0v) is 15.0. The topological polar surface area (TPSA) is 37.6 Å². The van der Waals surface area contributed by atoms with Crippen molar-refractivity contribution in [2.45, 2.75) is 25.4 Å². The highest BCUT2D eigenvalue weighted by molar-refractivity contribution is 6.31. The van der Waals surface area contributed by atoms with Crippen molar-refractivity contribution in [1.29, 1.82) is 0 Å². The Bertz CT molecular complexity index is 1040. The van der Waals surface area contributed by atoms with Crippen molar-refractivity contribution in [2.75, 3.05) is 0 Å². The first-order valence-corrected chi connectivity index (χ1v) is 8.96. The first kappa shape index (κ1) is 17.7. The molecule has 0 aliphatic heterocycles. The van der Waals surface area contributed by atoms with Crippen molar-refractivity contribution in [3.05, 3.63) is 76.7 Å². The van der Waals surface area contributed by atoms with Gasteiger partial charge in [0.15, 0.2) is 5.15 Å². The van der Waals surface area contributed by atoms with E-state index >= 15 is 0 Å². The summed E-state index contributed by atoms with van der Waals surface area (Å²) in [7, 11) is 0. The predicted octanol–water partition coefficient (Wildman–Crippen LogP) is 4.47. The number of halogens is 3. The third kappa shape index (κ3) is 3.71. The molecule has 1 amide bonds. The molecule has 138 valence electrons. The highest BCUT2D eigenvalue weighted by atomic mass is 35.5. The van der Waals surface area contributed by atoms with Crippen molar-refractivity contribution in [3.8, 4) is 0 Å². The van der Waals surface area contributed by atoms with E-state index in [1.807, 2.05) is 24.4 Å². The average Bonchev–Trinajstić information content (AvgIpc) is 3.42. The lowest BCUT2D eigenvalue weighted by atomic mass is 10.2. The molecule has 2 aromatic heterocycles. The van der Waals surface area contributed by atoms with E-state index in [1.165, 1.54) is 18.2 Å². The summed E-state index contributed by atoms with van der Waals surface area (Å²) >= 11 is 6.18. The van der Waals surface area contributed by atoms with Crippen LogP contribution in [0.3, 0.4) is 0 Å². The summed E-state index contributed by atoms with van der Waals surface area (Å²) in [6.07, 6.45) is 6.59. The number of hydrogen-bond acceptors (Lipinski definition) is 2. The number of fused-ring (bicyclic) bond motifs is 1. The molecule has 0 N–H and O–H groups in total. The normalized spacial score (nSPS) is 14.2. The number of carbonyl (C=O) groups excluding carboxylic acids is 1. The third-order valence-corrected chi connectivity index (χ3v) is 4.81. The zero-order chi connectivity index (χ0) is 19.0. The van der Waals surface area contributed by atoms with Gasteiger partial charge < -0.3 is 4.90 Å². The molecule has 0 saturated heterocycles. The van der Waals surface area contributed by atoms with Crippen molar-refractivity contribution in [2.24, 2.45) is 0 Å². The molecule has 0 radical (unpaired) electrons. The van der Waals surface area contributed by atoms with Crippen LogP contribution in [-0.4, -0.2) is 26.2 Å². The molecule has 7 heteroatoms. The maximum atomic E-state index is 14.0. The minimum Gasteiger partial charge on any atom is -0.332 e. The Balaban J connectivity index is 1.57. The van der Waals surface area contributed by atoms with Crippen LogP contribution in [0.25, 0.3) is 11.7 Å². The lowest BCUT2D eigenvalue weighted by molar-refractivity contribution is -0.127. The number of rotatable bonds is 5. The standard InChI is InChI=1S/C20H16ClF2N3O/c21-20-17(25-10-2-1-3-18(25)24-20)8-9-19(27)26(15-6-7-15)12-13-4-5-14(22)11-16(13)23/h1-5,8-11,15H,6-7,12H2/b9-8+. The van der Waals surface area contributed by atoms with Crippen LogP contribution >= 0.6 is 11.6 Å². The molecule has 4 rings (SSSR count). The molecule has 2 heterocycles. The predicted molar refractivity (Wildman–Crippen MR) is 99.2 cm³/mol. The minimum atomic E-state index is -0.651. The van der Waals surface area contributed by atoms with E-state index in [4.69, 9.17) is 11.6 Å². The van der Waals surface area contributed by atoms with Crippen LogP contribution in [0.15, 0.2) is 48.7 Å². The number of carbonyl (C=O) groups is 1. The van der Waals surface area contributed by atoms with E-state index in [0.717, 1.165) is 18.9 Å². The van der Waals surface area contributed by atoms with E-state index in [-0.39, 0.29) is 24.1 Å². The molecular formula is C20H16ClF2N3O. The molecule has 1 aliphatic carbocycles. The summed E-state index contributed by atoms with van der Waals surface area (Å²) in [6, 6.07) is 8.99. The largest absolute Gasteiger partial charge is 0.332 e. The lowest BCUT2D eigenvalue weighted by Gasteiger charge is -2.21. The Hall–Kier alpha value is -2.73. The van der Waals surface area contributed by atoms with Gasteiger partial charge in [0.05, 0.1) is 5.69 Å².